The zero-order valence-corrected chi connectivity index (χ0v) is 12.3. The Morgan fingerprint density at radius 1 is 1.23 bits per heavy atom. The lowest BCUT2D eigenvalue weighted by atomic mass is 10.0. The molecular weight excluding hydrogens is 282 g/mol. The number of nitrogens with one attached hydrogen (secondary N) is 1. The number of aromatic nitrogens is 2. The van der Waals surface area contributed by atoms with Crippen LogP contribution in [0.3, 0.4) is 0 Å². The number of amides is 1. The summed E-state index contributed by atoms with van der Waals surface area (Å²) in [5, 5.41) is 20.9. The van der Waals surface area contributed by atoms with Crippen molar-refractivity contribution in [1.29, 1.82) is 0 Å². The molecular formula is C16H19N3O3. The summed E-state index contributed by atoms with van der Waals surface area (Å²) in [5.74, 6) is 0.640. The molecule has 3 rings (SSSR count). The molecule has 1 aromatic heterocycles. The third-order valence-electron chi connectivity index (χ3n) is 3.97. The average molecular weight is 301 g/mol. The van der Waals surface area contributed by atoms with E-state index in [1.165, 1.54) is 0 Å². The molecule has 1 fully saturated rings. The predicted octanol–water partition coefficient (Wildman–Crippen LogP) is 1.70. The Balaban J connectivity index is 1.52. The van der Waals surface area contributed by atoms with E-state index < -0.39 is 5.60 Å². The second-order valence-corrected chi connectivity index (χ2v) is 5.61. The smallest absolute Gasteiger partial charge is 0.251 e. The van der Waals surface area contributed by atoms with Crippen LogP contribution >= 0.6 is 0 Å². The zero-order valence-electron chi connectivity index (χ0n) is 12.3. The van der Waals surface area contributed by atoms with Gasteiger partial charge in [-0.3, -0.25) is 4.79 Å². The average Bonchev–Trinajstić information content (AvgIpc) is 3.18. The van der Waals surface area contributed by atoms with Crippen LogP contribution < -0.4 is 5.32 Å². The Labute approximate surface area is 128 Å². The molecule has 2 N–H and O–H groups in total. The number of carbonyl (C=O) groups is 1. The van der Waals surface area contributed by atoms with Gasteiger partial charge in [0.1, 0.15) is 5.60 Å². The van der Waals surface area contributed by atoms with Crippen molar-refractivity contribution in [2.75, 3.05) is 6.54 Å². The highest BCUT2D eigenvalue weighted by Gasteiger charge is 2.38. The number of rotatable bonds is 5. The lowest BCUT2D eigenvalue weighted by Gasteiger charge is -2.20. The van der Waals surface area contributed by atoms with Gasteiger partial charge in [-0.15, -0.1) is 10.2 Å². The van der Waals surface area contributed by atoms with Crippen LogP contribution in [-0.4, -0.2) is 33.4 Å². The minimum Gasteiger partial charge on any atom is -0.421 e. The fourth-order valence-electron chi connectivity index (χ4n) is 2.69. The Morgan fingerprint density at radius 2 is 1.95 bits per heavy atom. The van der Waals surface area contributed by atoms with E-state index in [0.717, 1.165) is 18.4 Å². The molecule has 2 aromatic rings. The van der Waals surface area contributed by atoms with Gasteiger partial charge >= 0.3 is 0 Å². The summed E-state index contributed by atoms with van der Waals surface area (Å²) in [6.07, 6.45) is 3.32. The second kappa shape index (κ2) is 6.27. The summed E-state index contributed by atoms with van der Waals surface area (Å²) in [6.45, 7) is 0.373. The van der Waals surface area contributed by atoms with Gasteiger partial charge in [0.2, 0.25) is 11.8 Å². The molecule has 0 unspecified atom stereocenters. The van der Waals surface area contributed by atoms with Crippen LogP contribution in [0.5, 0.6) is 0 Å². The van der Waals surface area contributed by atoms with E-state index in [-0.39, 0.29) is 5.91 Å². The van der Waals surface area contributed by atoms with E-state index in [4.69, 9.17) is 4.42 Å². The minimum absolute atomic E-state index is 0.298. The van der Waals surface area contributed by atoms with Gasteiger partial charge in [-0.05, 0) is 37.8 Å². The van der Waals surface area contributed by atoms with Crippen LogP contribution in [0.15, 0.2) is 34.7 Å². The first-order chi connectivity index (χ1) is 10.7. The molecule has 0 radical (unpaired) electrons. The predicted molar refractivity (Wildman–Crippen MR) is 79.9 cm³/mol. The van der Waals surface area contributed by atoms with Gasteiger partial charge in [0.25, 0.3) is 5.91 Å². The third kappa shape index (κ3) is 3.17. The molecule has 1 aliphatic rings. The SMILES string of the molecule is O=C(NCCc1nnc(-c2ccccc2)o1)C1(O)CCCC1. The van der Waals surface area contributed by atoms with Gasteiger partial charge in [0, 0.05) is 18.5 Å². The molecule has 0 bridgehead atoms. The largest absolute Gasteiger partial charge is 0.421 e. The van der Waals surface area contributed by atoms with Gasteiger partial charge in [0.05, 0.1) is 0 Å². The van der Waals surface area contributed by atoms with Crippen LogP contribution in [0, 0.1) is 0 Å². The summed E-state index contributed by atoms with van der Waals surface area (Å²) < 4.78 is 5.57. The first-order valence-electron chi connectivity index (χ1n) is 7.56. The van der Waals surface area contributed by atoms with Crippen molar-refractivity contribution in [3.63, 3.8) is 0 Å². The molecule has 0 spiro atoms. The van der Waals surface area contributed by atoms with Crippen molar-refractivity contribution in [2.24, 2.45) is 0 Å². The molecule has 1 amide bonds. The maximum atomic E-state index is 12.0. The van der Waals surface area contributed by atoms with Gasteiger partial charge < -0.3 is 14.8 Å². The maximum absolute atomic E-state index is 12.0. The van der Waals surface area contributed by atoms with Crippen LogP contribution in [-0.2, 0) is 11.2 Å². The molecule has 1 heterocycles. The van der Waals surface area contributed by atoms with Gasteiger partial charge in [-0.25, -0.2) is 0 Å². The topological polar surface area (TPSA) is 88.3 Å². The van der Waals surface area contributed by atoms with Gasteiger partial charge in [0.15, 0.2) is 0 Å². The van der Waals surface area contributed by atoms with Crippen molar-refractivity contribution in [1.82, 2.24) is 15.5 Å². The van der Waals surface area contributed by atoms with E-state index >= 15 is 0 Å². The Bertz CT molecular complexity index is 633. The van der Waals surface area contributed by atoms with Crippen LogP contribution in [0.1, 0.15) is 31.6 Å². The molecule has 0 aliphatic heterocycles. The van der Waals surface area contributed by atoms with E-state index in [2.05, 4.69) is 15.5 Å². The maximum Gasteiger partial charge on any atom is 0.251 e. The number of carbonyl (C=O) groups excluding carboxylic acids is 1. The fourth-order valence-corrected chi connectivity index (χ4v) is 2.69. The molecule has 1 aromatic carbocycles. The number of hydrogen-bond donors (Lipinski definition) is 2. The summed E-state index contributed by atoms with van der Waals surface area (Å²) in [7, 11) is 0. The molecule has 0 atom stereocenters. The van der Waals surface area contributed by atoms with Gasteiger partial charge in [-0.2, -0.15) is 0 Å². The first kappa shape index (κ1) is 14.7. The number of aliphatic hydroxyl groups is 1. The molecule has 6 heteroatoms. The minimum atomic E-state index is -1.19. The number of hydrogen-bond acceptors (Lipinski definition) is 5. The van der Waals surface area contributed by atoms with E-state index in [9.17, 15) is 9.90 Å². The van der Waals surface area contributed by atoms with E-state index in [1.54, 1.807) is 0 Å². The second-order valence-electron chi connectivity index (χ2n) is 5.61. The molecule has 1 aliphatic carbocycles. The highest BCUT2D eigenvalue weighted by atomic mass is 16.4. The van der Waals surface area contributed by atoms with Gasteiger partial charge in [-0.1, -0.05) is 18.2 Å². The summed E-state index contributed by atoms with van der Waals surface area (Å²) >= 11 is 0. The highest BCUT2D eigenvalue weighted by molar-refractivity contribution is 5.85. The standard InChI is InChI=1S/C16H19N3O3/c20-15(16(21)9-4-5-10-16)17-11-8-13-18-19-14(22-13)12-6-2-1-3-7-12/h1-3,6-7,21H,4-5,8-11H2,(H,17,20). The van der Waals surface area contributed by atoms with Crippen LogP contribution in [0.2, 0.25) is 0 Å². The monoisotopic (exact) mass is 301 g/mol. The molecule has 1 saturated carbocycles. The summed E-state index contributed by atoms with van der Waals surface area (Å²) in [4.78, 5) is 12.0. The van der Waals surface area contributed by atoms with Crippen molar-refractivity contribution < 1.29 is 14.3 Å². The van der Waals surface area contributed by atoms with E-state index in [0.29, 0.717) is 37.6 Å². The third-order valence-corrected chi connectivity index (χ3v) is 3.97. The number of nitrogens with zero attached hydrogens (tertiary/aromatic N) is 2. The Kier molecular flexibility index (Phi) is 4.20. The normalized spacial score (nSPS) is 16.6. The Morgan fingerprint density at radius 3 is 2.68 bits per heavy atom. The molecule has 22 heavy (non-hydrogen) atoms. The highest BCUT2D eigenvalue weighted by Crippen LogP contribution is 2.29. The molecule has 6 nitrogen and oxygen atoms in total. The summed E-state index contributed by atoms with van der Waals surface area (Å²) in [5.41, 5.74) is -0.324. The first-order valence-corrected chi connectivity index (χ1v) is 7.56. The number of benzene rings is 1. The van der Waals surface area contributed by atoms with Crippen molar-refractivity contribution in [3.05, 3.63) is 36.2 Å². The lowest BCUT2D eigenvalue weighted by Crippen LogP contribution is -2.45. The fraction of sp³-hybridized carbons (Fsp3) is 0.438. The van der Waals surface area contributed by atoms with E-state index in [1.807, 2.05) is 30.3 Å². The van der Waals surface area contributed by atoms with Crippen molar-refractivity contribution >= 4 is 5.91 Å². The Hall–Kier alpha value is -2.21. The van der Waals surface area contributed by atoms with Crippen molar-refractivity contribution in [2.45, 2.75) is 37.7 Å². The molecule has 116 valence electrons. The van der Waals surface area contributed by atoms with Crippen LogP contribution in [0.25, 0.3) is 11.5 Å². The molecule has 0 saturated heterocycles. The van der Waals surface area contributed by atoms with Crippen LogP contribution in [0.4, 0.5) is 0 Å². The zero-order chi connectivity index (χ0) is 15.4. The quantitative estimate of drug-likeness (QED) is 0.877. The lowest BCUT2D eigenvalue weighted by molar-refractivity contribution is -0.139. The van der Waals surface area contributed by atoms with Crippen molar-refractivity contribution in [3.8, 4) is 11.5 Å². The summed E-state index contributed by atoms with van der Waals surface area (Å²) in [6, 6.07) is 9.52.